The smallest absolute Gasteiger partial charge is 0.225 e. The molecular formula is C18H25N5O2S. The number of hydrogen-bond acceptors (Lipinski definition) is 7. The highest BCUT2D eigenvalue weighted by Gasteiger charge is 2.25. The van der Waals surface area contributed by atoms with Gasteiger partial charge in [0.2, 0.25) is 5.95 Å². The molecule has 26 heavy (non-hydrogen) atoms. The van der Waals surface area contributed by atoms with Gasteiger partial charge < -0.3 is 10.2 Å². The summed E-state index contributed by atoms with van der Waals surface area (Å²) in [6.45, 7) is 2.42. The molecular weight excluding hydrogens is 350 g/mol. The molecule has 1 N–H and O–H groups in total. The largest absolute Gasteiger partial charge is 0.343 e. The second-order valence-corrected chi connectivity index (χ2v) is 8.71. The number of rotatable bonds is 6. The molecule has 0 spiro atoms. The Bertz CT molecular complexity index is 836. The summed E-state index contributed by atoms with van der Waals surface area (Å²) >= 11 is 0. The van der Waals surface area contributed by atoms with Gasteiger partial charge in [0.05, 0.1) is 11.9 Å². The van der Waals surface area contributed by atoms with Crippen molar-refractivity contribution >= 4 is 15.8 Å². The SMILES string of the molecule is CN(CCc1ccccn1)c1ncc(S(C)(=O)=O)c(C2CCCNC2)n1. The number of aromatic nitrogens is 3. The van der Waals surface area contributed by atoms with Crippen LogP contribution in [-0.2, 0) is 16.3 Å². The normalized spacial score (nSPS) is 17.8. The molecule has 0 aromatic carbocycles. The minimum absolute atomic E-state index is 0.0967. The number of sulfone groups is 1. The van der Waals surface area contributed by atoms with Gasteiger partial charge in [0.15, 0.2) is 9.84 Å². The molecule has 3 rings (SSSR count). The lowest BCUT2D eigenvalue weighted by Gasteiger charge is -2.25. The van der Waals surface area contributed by atoms with Gasteiger partial charge in [-0.05, 0) is 31.5 Å². The van der Waals surface area contributed by atoms with Crippen LogP contribution < -0.4 is 10.2 Å². The highest BCUT2D eigenvalue weighted by molar-refractivity contribution is 7.90. The molecule has 1 aliphatic rings. The number of pyridine rings is 1. The van der Waals surface area contributed by atoms with Crippen LogP contribution in [0.4, 0.5) is 5.95 Å². The second kappa shape index (κ2) is 8.09. The third kappa shape index (κ3) is 4.56. The number of piperidine rings is 1. The van der Waals surface area contributed by atoms with E-state index in [1.54, 1.807) is 6.20 Å². The van der Waals surface area contributed by atoms with Crippen LogP contribution in [0.25, 0.3) is 0 Å². The molecule has 2 aromatic heterocycles. The Kier molecular flexibility index (Phi) is 5.83. The van der Waals surface area contributed by atoms with Crippen LogP contribution in [0, 0.1) is 0 Å². The van der Waals surface area contributed by atoms with Crippen LogP contribution >= 0.6 is 0 Å². The molecule has 0 amide bonds. The third-order valence-corrected chi connectivity index (χ3v) is 5.74. The molecule has 0 aliphatic carbocycles. The van der Waals surface area contributed by atoms with E-state index in [1.165, 1.54) is 12.5 Å². The van der Waals surface area contributed by atoms with Crippen molar-refractivity contribution in [2.24, 2.45) is 0 Å². The maximum absolute atomic E-state index is 12.2. The van der Waals surface area contributed by atoms with Gasteiger partial charge >= 0.3 is 0 Å². The van der Waals surface area contributed by atoms with Crippen molar-refractivity contribution < 1.29 is 8.42 Å². The van der Waals surface area contributed by atoms with Crippen LogP contribution in [0.3, 0.4) is 0 Å². The number of anilines is 1. The van der Waals surface area contributed by atoms with E-state index in [2.05, 4.69) is 20.3 Å². The van der Waals surface area contributed by atoms with Gasteiger partial charge in [-0.15, -0.1) is 0 Å². The molecule has 7 nitrogen and oxygen atoms in total. The molecule has 0 saturated carbocycles. The van der Waals surface area contributed by atoms with E-state index in [-0.39, 0.29) is 10.8 Å². The van der Waals surface area contributed by atoms with E-state index in [1.807, 2.05) is 30.1 Å². The average Bonchev–Trinajstić information content (AvgIpc) is 2.66. The third-order valence-electron chi connectivity index (χ3n) is 4.62. The Hall–Kier alpha value is -2.06. The quantitative estimate of drug-likeness (QED) is 0.817. The lowest BCUT2D eigenvalue weighted by Crippen LogP contribution is -2.31. The molecule has 1 unspecified atom stereocenters. The summed E-state index contributed by atoms with van der Waals surface area (Å²) in [4.78, 5) is 15.5. The molecule has 1 aliphatic heterocycles. The fourth-order valence-electron chi connectivity index (χ4n) is 3.15. The molecule has 140 valence electrons. The topological polar surface area (TPSA) is 88.1 Å². The van der Waals surface area contributed by atoms with Crippen molar-refractivity contribution in [3.05, 3.63) is 42.0 Å². The van der Waals surface area contributed by atoms with E-state index in [4.69, 9.17) is 0 Å². The molecule has 2 aromatic rings. The highest BCUT2D eigenvalue weighted by atomic mass is 32.2. The Balaban J connectivity index is 1.83. The predicted octanol–water partition coefficient (Wildman–Crippen LogP) is 1.42. The van der Waals surface area contributed by atoms with Gasteiger partial charge in [0.1, 0.15) is 4.90 Å². The lowest BCUT2D eigenvalue weighted by molar-refractivity contribution is 0.447. The van der Waals surface area contributed by atoms with Crippen molar-refractivity contribution in [1.82, 2.24) is 20.3 Å². The Morgan fingerprint density at radius 2 is 2.15 bits per heavy atom. The maximum atomic E-state index is 12.2. The number of nitrogens with zero attached hydrogens (tertiary/aromatic N) is 4. The molecule has 3 heterocycles. The summed E-state index contributed by atoms with van der Waals surface area (Å²) in [7, 11) is -1.44. The maximum Gasteiger partial charge on any atom is 0.225 e. The zero-order valence-electron chi connectivity index (χ0n) is 15.2. The second-order valence-electron chi connectivity index (χ2n) is 6.73. The molecule has 8 heteroatoms. The van der Waals surface area contributed by atoms with Gasteiger partial charge in [0.25, 0.3) is 0 Å². The van der Waals surface area contributed by atoms with Gasteiger partial charge in [-0.3, -0.25) is 4.98 Å². The van der Waals surface area contributed by atoms with Crippen LogP contribution in [-0.4, -0.2) is 56.3 Å². The minimum atomic E-state index is -3.36. The zero-order chi connectivity index (χ0) is 18.6. The van der Waals surface area contributed by atoms with Crippen molar-refractivity contribution in [2.75, 3.05) is 37.8 Å². The van der Waals surface area contributed by atoms with Gasteiger partial charge in [-0.1, -0.05) is 6.07 Å². The summed E-state index contributed by atoms with van der Waals surface area (Å²) in [5, 5.41) is 3.33. The van der Waals surface area contributed by atoms with Crippen molar-refractivity contribution in [1.29, 1.82) is 0 Å². The summed E-state index contributed by atoms with van der Waals surface area (Å²) in [6, 6.07) is 5.85. The van der Waals surface area contributed by atoms with Crippen molar-refractivity contribution in [2.45, 2.75) is 30.1 Å². The van der Waals surface area contributed by atoms with Gasteiger partial charge in [-0.25, -0.2) is 18.4 Å². The summed E-state index contributed by atoms with van der Waals surface area (Å²) in [6.07, 6.45) is 7.18. The molecule has 1 saturated heterocycles. The first-order valence-corrected chi connectivity index (χ1v) is 10.7. The average molecular weight is 375 g/mol. The predicted molar refractivity (Wildman–Crippen MR) is 101 cm³/mol. The lowest BCUT2D eigenvalue weighted by atomic mass is 9.96. The summed E-state index contributed by atoms with van der Waals surface area (Å²) in [5.41, 5.74) is 1.64. The van der Waals surface area contributed by atoms with E-state index < -0.39 is 9.84 Å². The summed E-state index contributed by atoms with van der Waals surface area (Å²) in [5.74, 6) is 0.647. The van der Waals surface area contributed by atoms with E-state index in [0.717, 1.165) is 38.0 Å². The van der Waals surface area contributed by atoms with Crippen LogP contribution in [0.2, 0.25) is 0 Å². The van der Waals surface area contributed by atoms with Crippen molar-refractivity contribution in [3.63, 3.8) is 0 Å². The fraction of sp³-hybridized carbons (Fsp3) is 0.500. The highest BCUT2D eigenvalue weighted by Crippen LogP contribution is 2.28. The first-order valence-electron chi connectivity index (χ1n) is 8.84. The van der Waals surface area contributed by atoms with Crippen LogP contribution in [0.15, 0.2) is 35.5 Å². The molecule has 0 radical (unpaired) electrons. The molecule has 1 atom stereocenters. The van der Waals surface area contributed by atoms with Crippen LogP contribution in [0.1, 0.15) is 30.1 Å². The molecule has 0 bridgehead atoms. The summed E-state index contributed by atoms with van der Waals surface area (Å²) < 4.78 is 24.3. The van der Waals surface area contributed by atoms with E-state index in [9.17, 15) is 8.42 Å². The van der Waals surface area contributed by atoms with Crippen molar-refractivity contribution in [3.8, 4) is 0 Å². The Morgan fingerprint density at radius 3 is 2.81 bits per heavy atom. The standard InChI is InChI=1S/C18H25N5O2S/c1-23(11-8-15-7-3-4-10-20-15)18-21-13-16(26(2,24)25)17(22-18)14-6-5-9-19-12-14/h3-4,7,10,13-14,19H,5-6,8-9,11-12H2,1-2H3. The van der Waals surface area contributed by atoms with Crippen LogP contribution in [0.5, 0.6) is 0 Å². The fourth-order valence-corrected chi connectivity index (χ4v) is 3.99. The minimum Gasteiger partial charge on any atom is -0.343 e. The van der Waals surface area contributed by atoms with E-state index >= 15 is 0 Å². The number of nitrogens with one attached hydrogen (secondary N) is 1. The zero-order valence-corrected chi connectivity index (χ0v) is 16.0. The van der Waals surface area contributed by atoms with Gasteiger partial charge in [0, 0.05) is 50.6 Å². The van der Waals surface area contributed by atoms with E-state index in [0.29, 0.717) is 18.2 Å². The van der Waals surface area contributed by atoms with Gasteiger partial charge in [-0.2, -0.15) is 0 Å². The number of likely N-dealkylation sites (N-methyl/N-ethyl adjacent to an activating group) is 1. The number of hydrogen-bond donors (Lipinski definition) is 1. The first kappa shape index (κ1) is 18.7. The molecule has 1 fully saturated rings. The Labute approximate surface area is 154 Å². The Morgan fingerprint density at radius 1 is 1.31 bits per heavy atom. The monoisotopic (exact) mass is 375 g/mol. The first-order chi connectivity index (χ1) is 12.4.